The second kappa shape index (κ2) is 13.7. The molecule has 0 aliphatic carbocycles. The van der Waals surface area contributed by atoms with Gasteiger partial charge in [0.1, 0.15) is 23.5 Å². The first-order chi connectivity index (χ1) is 19.8. The Morgan fingerprint density at radius 2 is 1.85 bits per heavy atom. The summed E-state index contributed by atoms with van der Waals surface area (Å²) in [4.78, 5) is 21.4. The molecule has 10 nitrogen and oxygen atoms in total. The van der Waals surface area contributed by atoms with Crippen molar-refractivity contribution in [3.05, 3.63) is 111 Å². The first-order valence-electron chi connectivity index (χ1n) is 13.0. The van der Waals surface area contributed by atoms with Crippen LogP contribution < -0.4 is 15.6 Å². The van der Waals surface area contributed by atoms with Crippen molar-refractivity contribution in [2.45, 2.75) is 44.5 Å². The van der Waals surface area contributed by atoms with Gasteiger partial charge in [0.05, 0.1) is 13.2 Å². The van der Waals surface area contributed by atoms with Gasteiger partial charge in [0.25, 0.3) is 5.91 Å². The summed E-state index contributed by atoms with van der Waals surface area (Å²) < 4.78 is 38.9. The first kappa shape index (κ1) is 29.5. The first-order valence-corrected chi connectivity index (χ1v) is 13.0. The zero-order valence-corrected chi connectivity index (χ0v) is 22.4. The van der Waals surface area contributed by atoms with Crippen LogP contribution in [0.1, 0.15) is 35.6 Å². The molecule has 3 aromatic rings. The molecule has 2 atom stereocenters. The molecular weight excluding hydrogens is 534 g/mol. The van der Waals surface area contributed by atoms with Gasteiger partial charge in [-0.15, -0.1) is 0 Å². The molecule has 214 valence electrons. The summed E-state index contributed by atoms with van der Waals surface area (Å²) in [5, 5.41) is 12.6. The van der Waals surface area contributed by atoms with Gasteiger partial charge in [-0.3, -0.25) is 10.2 Å². The van der Waals surface area contributed by atoms with E-state index in [1.165, 1.54) is 12.1 Å². The number of carbonyl (C=O) groups excluding carboxylic acids is 1. The Morgan fingerprint density at radius 1 is 1.15 bits per heavy atom. The normalized spacial score (nSPS) is 17.8. The second-order valence-corrected chi connectivity index (χ2v) is 9.47. The second-order valence-electron chi connectivity index (χ2n) is 9.47. The van der Waals surface area contributed by atoms with Gasteiger partial charge in [0.2, 0.25) is 5.90 Å². The number of nitrogens with one attached hydrogen (secondary N) is 2. The van der Waals surface area contributed by atoms with Gasteiger partial charge in [-0.05, 0) is 65.5 Å². The molecule has 3 aromatic carbocycles. The van der Waals surface area contributed by atoms with E-state index in [1.54, 1.807) is 31.2 Å². The van der Waals surface area contributed by atoms with Gasteiger partial charge in [-0.1, -0.05) is 29.4 Å². The van der Waals surface area contributed by atoms with Gasteiger partial charge < -0.3 is 14.6 Å². The van der Waals surface area contributed by atoms with Crippen molar-refractivity contribution in [2.24, 2.45) is 10.1 Å². The minimum Gasteiger partial charge on any atom is -0.494 e. The van der Waals surface area contributed by atoms with Crippen molar-refractivity contribution >= 4 is 11.8 Å². The largest absolute Gasteiger partial charge is 0.494 e. The van der Waals surface area contributed by atoms with E-state index in [1.807, 2.05) is 24.3 Å². The topological polar surface area (TPSA) is 141 Å². The number of aliphatic hydroxyl groups is 1. The van der Waals surface area contributed by atoms with E-state index in [0.717, 1.165) is 17.2 Å². The van der Waals surface area contributed by atoms with Crippen LogP contribution in [-0.4, -0.2) is 41.8 Å². The molecule has 0 unspecified atom stereocenters. The summed E-state index contributed by atoms with van der Waals surface area (Å²) in [7, 11) is 0. The SMILES string of the molecule is C[C@@H]1OC(c2ccc(OCCCO)cc2)=N[C@]1(Cc1ccccc1CN=[N+]=[N-])C(=O)NNCc1cc(F)cc(F)c1. The number of rotatable bonds is 13. The van der Waals surface area contributed by atoms with Crippen molar-refractivity contribution in [3.8, 4) is 5.75 Å². The van der Waals surface area contributed by atoms with E-state index in [4.69, 9.17) is 25.1 Å². The van der Waals surface area contributed by atoms with Crippen molar-refractivity contribution in [1.29, 1.82) is 0 Å². The van der Waals surface area contributed by atoms with Gasteiger partial charge >= 0.3 is 0 Å². The molecule has 4 rings (SSSR count). The predicted molar refractivity (Wildman–Crippen MR) is 148 cm³/mol. The van der Waals surface area contributed by atoms with Crippen LogP contribution in [0, 0.1) is 11.6 Å². The summed E-state index contributed by atoms with van der Waals surface area (Å²) in [5.74, 6) is -1.09. The zero-order chi connectivity index (χ0) is 29.2. The van der Waals surface area contributed by atoms with E-state index in [0.29, 0.717) is 29.9 Å². The minimum absolute atomic E-state index is 0.0325. The Balaban J connectivity index is 1.61. The van der Waals surface area contributed by atoms with E-state index in [9.17, 15) is 13.6 Å². The van der Waals surface area contributed by atoms with Gasteiger partial charge in [-0.25, -0.2) is 19.2 Å². The van der Waals surface area contributed by atoms with Crippen LogP contribution in [-0.2, 0) is 29.0 Å². The average molecular weight is 565 g/mol. The fraction of sp³-hybridized carbons (Fsp3) is 0.310. The lowest BCUT2D eigenvalue weighted by atomic mass is 9.84. The number of aliphatic imine (C=N–C) groups is 1. The summed E-state index contributed by atoms with van der Waals surface area (Å²) in [5.41, 5.74) is 15.2. The molecule has 1 aliphatic rings. The molecule has 1 aliphatic heterocycles. The Hall–Kier alpha value is -4.51. The maximum absolute atomic E-state index is 13.8. The number of carbonyl (C=O) groups is 1. The third-order valence-electron chi connectivity index (χ3n) is 6.63. The number of nitrogens with zero attached hydrogens (tertiary/aromatic N) is 4. The van der Waals surface area contributed by atoms with Gasteiger partial charge in [0.15, 0.2) is 5.54 Å². The summed E-state index contributed by atoms with van der Waals surface area (Å²) in [6.07, 6.45) is -0.0751. The van der Waals surface area contributed by atoms with Crippen molar-refractivity contribution in [3.63, 3.8) is 0 Å². The summed E-state index contributed by atoms with van der Waals surface area (Å²) in [6.45, 7) is 2.20. The molecule has 0 bridgehead atoms. The summed E-state index contributed by atoms with van der Waals surface area (Å²) >= 11 is 0. The third-order valence-corrected chi connectivity index (χ3v) is 6.63. The highest BCUT2D eigenvalue weighted by Crippen LogP contribution is 2.34. The van der Waals surface area contributed by atoms with E-state index >= 15 is 0 Å². The van der Waals surface area contributed by atoms with E-state index in [2.05, 4.69) is 20.9 Å². The number of hydrazine groups is 1. The number of hydrogen-bond donors (Lipinski definition) is 3. The fourth-order valence-corrected chi connectivity index (χ4v) is 4.47. The maximum Gasteiger partial charge on any atom is 0.266 e. The van der Waals surface area contributed by atoms with Crippen LogP contribution in [0.25, 0.3) is 10.4 Å². The van der Waals surface area contributed by atoms with Crippen LogP contribution >= 0.6 is 0 Å². The lowest BCUT2D eigenvalue weighted by molar-refractivity contribution is -0.129. The van der Waals surface area contributed by atoms with Crippen molar-refractivity contribution in [1.82, 2.24) is 10.9 Å². The molecule has 3 N–H and O–H groups in total. The Morgan fingerprint density at radius 3 is 2.54 bits per heavy atom. The van der Waals surface area contributed by atoms with Gasteiger partial charge in [-0.2, -0.15) is 0 Å². The monoisotopic (exact) mass is 564 g/mol. The van der Waals surface area contributed by atoms with Crippen LogP contribution in [0.15, 0.2) is 76.8 Å². The lowest BCUT2D eigenvalue weighted by Gasteiger charge is -2.29. The molecular formula is C29H30F2N6O4. The van der Waals surface area contributed by atoms with Crippen LogP contribution in [0.2, 0.25) is 0 Å². The number of benzene rings is 3. The quantitative estimate of drug-likeness (QED) is 0.0922. The highest BCUT2D eigenvalue weighted by Gasteiger charge is 2.50. The van der Waals surface area contributed by atoms with Crippen LogP contribution in [0.5, 0.6) is 5.75 Å². The molecule has 0 spiro atoms. The number of amides is 1. The fourth-order valence-electron chi connectivity index (χ4n) is 4.47. The van der Waals surface area contributed by atoms with Crippen molar-refractivity contribution in [2.75, 3.05) is 13.2 Å². The average Bonchev–Trinajstić information content (AvgIpc) is 3.29. The molecule has 0 radical (unpaired) electrons. The number of hydrogen-bond acceptors (Lipinski definition) is 7. The van der Waals surface area contributed by atoms with Crippen LogP contribution in [0.3, 0.4) is 0 Å². The number of ether oxygens (including phenoxy) is 2. The smallest absolute Gasteiger partial charge is 0.266 e. The highest BCUT2D eigenvalue weighted by molar-refractivity contribution is 6.00. The number of halogens is 2. The Labute approximate surface area is 235 Å². The Bertz CT molecular complexity index is 1430. The molecule has 1 heterocycles. The minimum atomic E-state index is -1.43. The lowest BCUT2D eigenvalue weighted by Crippen LogP contribution is -2.55. The molecule has 12 heteroatoms. The molecule has 0 saturated carbocycles. The van der Waals surface area contributed by atoms with E-state index in [-0.39, 0.29) is 32.0 Å². The van der Waals surface area contributed by atoms with E-state index < -0.39 is 29.2 Å². The number of azide groups is 1. The maximum atomic E-state index is 13.8. The summed E-state index contributed by atoms with van der Waals surface area (Å²) in [6, 6.07) is 17.4. The molecule has 41 heavy (non-hydrogen) atoms. The van der Waals surface area contributed by atoms with Gasteiger partial charge in [0, 0.05) is 42.5 Å². The molecule has 0 saturated heterocycles. The third kappa shape index (κ3) is 7.37. The Kier molecular flexibility index (Phi) is 9.86. The van der Waals surface area contributed by atoms with Crippen LogP contribution in [0.4, 0.5) is 8.78 Å². The highest BCUT2D eigenvalue weighted by atomic mass is 19.1. The molecule has 1 amide bonds. The predicted octanol–water partition coefficient (Wildman–Crippen LogP) is 4.50. The molecule has 0 fully saturated rings. The number of aliphatic hydroxyl groups excluding tert-OH is 1. The van der Waals surface area contributed by atoms with Crippen molar-refractivity contribution < 1.29 is 28.2 Å². The standard InChI is InChI=1S/C29H30F2N6O4/c1-19-29(16-22-5-2-3-6-23(22)18-34-37-32,28(39)36-33-17-20-13-24(30)15-25(31)14-20)35-27(41-19)21-7-9-26(10-8-21)40-12-4-11-38/h2-3,5-10,13-15,19,33,38H,4,11-12,16-18H2,1H3,(H,36,39)/t19-,29-/m0/s1. The molecule has 0 aromatic heterocycles. The zero-order valence-electron chi connectivity index (χ0n) is 22.4.